The van der Waals surface area contributed by atoms with Gasteiger partial charge in [-0.15, -0.1) is 0 Å². The minimum absolute atomic E-state index is 0.217. The molecule has 1 aromatic heterocycles. The van der Waals surface area contributed by atoms with Crippen LogP contribution in [0.15, 0.2) is 0 Å². The van der Waals surface area contributed by atoms with E-state index < -0.39 is 0 Å². The summed E-state index contributed by atoms with van der Waals surface area (Å²) in [4.78, 5) is 27.5. The molecule has 20 heavy (non-hydrogen) atoms. The zero-order valence-electron chi connectivity index (χ0n) is 12.6. The Hall–Kier alpha value is -2.32. The molecule has 3 N–H and O–H groups in total. The van der Waals surface area contributed by atoms with Crippen LogP contribution in [0.4, 0.5) is 22.6 Å². The largest absolute Gasteiger partial charge is 0.352 e. The summed E-state index contributed by atoms with van der Waals surface area (Å²) in [5.74, 6) is 1.63. The zero-order valence-corrected chi connectivity index (χ0v) is 12.6. The van der Waals surface area contributed by atoms with Gasteiger partial charge in [-0.05, 0) is 0 Å². The van der Waals surface area contributed by atoms with Crippen molar-refractivity contribution in [2.45, 2.75) is 0 Å². The monoisotopic (exact) mass is 282 g/mol. The summed E-state index contributed by atoms with van der Waals surface area (Å²) < 4.78 is 0. The van der Waals surface area contributed by atoms with Crippen molar-refractivity contribution >= 4 is 23.9 Å². The molecule has 0 fully saturated rings. The van der Waals surface area contributed by atoms with Crippen molar-refractivity contribution in [1.82, 2.24) is 25.6 Å². The molecule has 0 bridgehead atoms. The second-order valence-corrected chi connectivity index (χ2v) is 4.48. The smallest absolute Gasteiger partial charge is 0.314 e. The highest BCUT2D eigenvalue weighted by atomic mass is 16.2. The van der Waals surface area contributed by atoms with Crippen molar-refractivity contribution in [3.05, 3.63) is 0 Å². The SMILES string of the molecule is CNC(=O)NCCNc1nc(N(C)C)nc(N(C)C)n1. The van der Waals surface area contributed by atoms with E-state index in [2.05, 4.69) is 30.9 Å². The van der Waals surface area contributed by atoms with Gasteiger partial charge in [-0.1, -0.05) is 0 Å². The predicted molar refractivity (Wildman–Crippen MR) is 79.4 cm³/mol. The third-order valence-corrected chi connectivity index (χ3v) is 2.33. The first kappa shape index (κ1) is 15.7. The Balaban J connectivity index is 2.66. The summed E-state index contributed by atoms with van der Waals surface area (Å²) in [6, 6.07) is -0.217. The second kappa shape index (κ2) is 7.31. The van der Waals surface area contributed by atoms with E-state index in [1.807, 2.05) is 38.0 Å². The fourth-order valence-corrected chi connectivity index (χ4v) is 1.27. The van der Waals surface area contributed by atoms with Gasteiger partial charge in [0.25, 0.3) is 0 Å². The molecule has 0 aromatic carbocycles. The van der Waals surface area contributed by atoms with Gasteiger partial charge in [-0.25, -0.2) is 4.79 Å². The average molecular weight is 282 g/mol. The van der Waals surface area contributed by atoms with Crippen LogP contribution in [0.1, 0.15) is 0 Å². The van der Waals surface area contributed by atoms with Gasteiger partial charge in [0.15, 0.2) is 0 Å². The number of hydrogen-bond acceptors (Lipinski definition) is 7. The Kier molecular flexibility index (Phi) is 5.75. The number of rotatable bonds is 6. The van der Waals surface area contributed by atoms with Crippen molar-refractivity contribution in [3.8, 4) is 0 Å². The van der Waals surface area contributed by atoms with Crippen molar-refractivity contribution in [2.75, 3.05) is 63.4 Å². The molecule has 0 saturated carbocycles. The molecule has 0 aliphatic rings. The van der Waals surface area contributed by atoms with Gasteiger partial charge < -0.3 is 25.8 Å². The van der Waals surface area contributed by atoms with Crippen LogP contribution in [0.25, 0.3) is 0 Å². The molecule has 0 unspecified atom stereocenters. The molecule has 2 amide bonds. The van der Waals surface area contributed by atoms with Crippen LogP contribution in [-0.4, -0.2) is 69.3 Å². The minimum Gasteiger partial charge on any atom is -0.352 e. The summed E-state index contributed by atoms with van der Waals surface area (Å²) in [7, 11) is 9.04. The summed E-state index contributed by atoms with van der Waals surface area (Å²) in [6.07, 6.45) is 0. The minimum atomic E-state index is -0.217. The van der Waals surface area contributed by atoms with Gasteiger partial charge in [0.05, 0.1) is 0 Å². The number of nitrogens with zero attached hydrogens (tertiary/aromatic N) is 5. The molecule has 9 heteroatoms. The maximum atomic E-state index is 11.0. The van der Waals surface area contributed by atoms with Gasteiger partial charge in [-0.3, -0.25) is 0 Å². The van der Waals surface area contributed by atoms with Crippen LogP contribution in [0.5, 0.6) is 0 Å². The molecule has 1 heterocycles. The van der Waals surface area contributed by atoms with Gasteiger partial charge in [-0.2, -0.15) is 15.0 Å². The lowest BCUT2D eigenvalue weighted by Crippen LogP contribution is -2.35. The van der Waals surface area contributed by atoms with Crippen molar-refractivity contribution in [2.24, 2.45) is 0 Å². The van der Waals surface area contributed by atoms with Gasteiger partial charge in [0, 0.05) is 48.3 Å². The average Bonchev–Trinajstić information content (AvgIpc) is 2.42. The van der Waals surface area contributed by atoms with Crippen molar-refractivity contribution < 1.29 is 4.79 Å². The molecule has 1 rings (SSSR count). The van der Waals surface area contributed by atoms with E-state index in [-0.39, 0.29) is 6.03 Å². The highest BCUT2D eigenvalue weighted by Crippen LogP contribution is 2.12. The lowest BCUT2D eigenvalue weighted by atomic mass is 10.6. The highest BCUT2D eigenvalue weighted by Gasteiger charge is 2.09. The fourth-order valence-electron chi connectivity index (χ4n) is 1.27. The quantitative estimate of drug-likeness (QED) is 0.596. The van der Waals surface area contributed by atoms with Gasteiger partial charge in [0.2, 0.25) is 17.8 Å². The van der Waals surface area contributed by atoms with Crippen LogP contribution in [0.2, 0.25) is 0 Å². The van der Waals surface area contributed by atoms with Crippen LogP contribution < -0.4 is 25.8 Å². The number of amides is 2. The van der Waals surface area contributed by atoms with E-state index in [0.717, 1.165) is 0 Å². The number of carbonyl (C=O) groups excluding carboxylic acids is 1. The number of urea groups is 1. The number of carbonyl (C=O) groups is 1. The fraction of sp³-hybridized carbons (Fsp3) is 0.636. The third kappa shape index (κ3) is 4.75. The summed E-state index contributed by atoms with van der Waals surface area (Å²) in [5, 5.41) is 8.21. The van der Waals surface area contributed by atoms with E-state index in [9.17, 15) is 4.79 Å². The van der Waals surface area contributed by atoms with Crippen molar-refractivity contribution in [1.29, 1.82) is 0 Å². The molecule has 0 saturated heterocycles. The lowest BCUT2D eigenvalue weighted by Gasteiger charge is -2.16. The van der Waals surface area contributed by atoms with Gasteiger partial charge >= 0.3 is 6.03 Å². The Morgan fingerprint density at radius 1 is 1.00 bits per heavy atom. The summed E-state index contributed by atoms with van der Waals surface area (Å²) >= 11 is 0. The Bertz CT molecular complexity index is 422. The lowest BCUT2D eigenvalue weighted by molar-refractivity contribution is 0.243. The molecule has 0 radical (unpaired) electrons. The Morgan fingerprint density at radius 2 is 1.55 bits per heavy atom. The van der Waals surface area contributed by atoms with Crippen LogP contribution in [-0.2, 0) is 0 Å². The standard InChI is InChI=1S/C11H22N8O/c1-12-11(20)14-7-6-13-8-15-9(18(2)3)17-10(16-8)19(4)5/h6-7H2,1-5H3,(H2,12,14,20)(H,13,15,16,17). The van der Waals surface area contributed by atoms with E-state index in [4.69, 9.17) is 0 Å². The topological polar surface area (TPSA) is 98.3 Å². The first-order valence-electron chi connectivity index (χ1n) is 6.24. The molecule has 1 aromatic rings. The molecular formula is C11H22N8O. The Labute approximate surface area is 118 Å². The number of hydrogen-bond donors (Lipinski definition) is 3. The van der Waals surface area contributed by atoms with E-state index in [0.29, 0.717) is 30.9 Å². The molecule has 0 spiro atoms. The number of anilines is 3. The summed E-state index contributed by atoms with van der Waals surface area (Å²) in [6.45, 7) is 0.997. The van der Waals surface area contributed by atoms with E-state index >= 15 is 0 Å². The first-order chi connectivity index (χ1) is 9.43. The first-order valence-corrected chi connectivity index (χ1v) is 6.24. The Morgan fingerprint density at radius 3 is 2.00 bits per heavy atom. The van der Waals surface area contributed by atoms with Crippen molar-refractivity contribution in [3.63, 3.8) is 0 Å². The van der Waals surface area contributed by atoms with Crippen LogP contribution in [0.3, 0.4) is 0 Å². The molecule has 0 aliphatic heterocycles. The van der Waals surface area contributed by atoms with Crippen LogP contribution >= 0.6 is 0 Å². The van der Waals surface area contributed by atoms with E-state index in [1.165, 1.54) is 0 Å². The zero-order chi connectivity index (χ0) is 15.1. The summed E-state index contributed by atoms with van der Waals surface area (Å²) in [5.41, 5.74) is 0. The number of nitrogens with one attached hydrogen (secondary N) is 3. The molecule has 112 valence electrons. The molecule has 0 atom stereocenters. The predicted octanol–water partition coefficient (Wildman–Crippen LogP) is -0.655. The van der Waals surface area contributed by atoms with Crippen LogP contribution in [0, 0.1) is 0 Å². The molecular weight excluding hydrogens is 260 g/mol. The van der Waals surface area contributed by atoms with Gasteiger partial charge in [0.1, 0.15) is 0 Å². The maximum absolute atomic E-state index is 11.0. The third-order valence-electron chi connectivity index (χ3n) is 2.33. The molecule has 9 nitrogen and oxygen atoms in total. The normalized spacial score (nSPS) is 9.85. The maximum Gasteiger partial charge on any atom is 0.314 e. The number of aromatic nitrogens is 3. The molecule has 0 aliphatic carbocycles. The highest BCUT2D eigenvalue weighted by molar-refractivity contribution is 5.73. The second-order valence-electron chi connectivity index (χ2n) is 4.48. The van der Waals surface area contributed by atoms with E-state index in [1.54, 1.807) is 7.05 Å².